The lowest BCUT2D eigenvalue weighted by Gasteiger charge is -2.17. The second-order valence-electron chi connectivity index (χ2n) is 7.72. The van der Waals surface area contributed by atoms with Crippen molar-refractivity contribution in [2.45, 2.75) is 11.4 Å². The van der Waals surface area contributed by atoms with E-state index in [1.54, 1.807) is 31.3 Å². The van der Waals surface area contributed by atoms with Gasteiger partial charge in [-0.1, -0.05) is 30.3 Å². The zero-order chi connectivity index (χ0) is 24.3. The molecule has 3 aromatic carbocycles. The third-order valence-corrected chi connectivity index (χ3v) is 6.72. The average molecular weight is 478 g/mol. The van der Waals surface area contributed by atoms with Gasteiger partial charge in [0.25, 0.3) is 15.9 Å². The zero-order valence-electron chi connectivity index (χ0n) is 18.6. The number of methoxy groups -OCH3 is 1. The van der Waals surface area contributed by atoms with E-state index in [9.17, 15) is 18.0 Å². The summed E-state index contributed by atoms with van der Waals surface area (Å²) in [5.41, 5.74) is 1.09. The molecule has 8 nitrogen and oxygen atoms in total. The van der Waals surface area contributed by atoms with Gasteiger partial charge in [0.05, 0.1) is 12.0 Å². The number of hydrogen-bond acceptors (Lipinski definition) is 5. The lowest BCUT2D eigenvalue weighted by Crippen LogP contribution is -2.30. The van der Waals surface area contributed by atoms with Gasteiger partial charge in [-0.3, -0.25) is 14.3 Å². The molecule has 0 unspecified atom stereocenters. The molecule has 2 N–H and O–H groups in total. The van der Waals surface area contributed by atoms with Crippen LogP contribution in [0.5, 0.6) is 5.75 Å². The number of nitrogens with zero attached hydrogens (tertiary/aromatic N) is 1. The van der Waals surface area contributed by atoms with Crippen molar-refractivity contribution in [1.82, 2.24) is 9.88 Å². The number of amides is 1. The van der Waals surface area contributed by atoms with Crippen molar-refractivity contribution >= 4 is 32.5 Å². The third kappa shape index (κ3) is 4.79. The van der Waals surface area contributed by atoms with Gasteiger partial charge in [0.15, 0.2) is 0 Å². The van der Waals surface area contributed by atoms with Crippen molar-refractivity contribution in [1.29, 1.82) is 0 Å². The number of anilines is 1. The number of aromatic nitrogens is 1. The third-order valence-electron chi connectivity index (χ3n) is 5.34. The van der Waals surface area contributed by atoms with Gasteiger partial charge in [-0.25, -0.2) is 8.42 Å². The van der Waals surface area contributed by atoms with E-state index < -0.39 is 21.4 Å². The number of rotatable bonds is 7. The van der Waals surface area contributed by atoms with Crippen LogP contribution in [-0.2, 0) is 16.6 Å². The van der Waals surface area contributed by atoms with Gasteiger partial charge in [0, 0.05) is 36.4 Å². The molecule has 4 rings (SSSR count). The summed E-state index contributed by atoms with van der Waals surface area (Å²) in [6.45, 7) is 0.331. The van der Waals surface area contributed by atoms with Gasteiger partial charge in [0.2, 0.25) is 5.43 Å². The molecule has 0 fully saturated rings. The number of fused-ring (bicyclic) bond motifs is 1. The number of nitrogens with one attached hydrogen (secondary N) is 2. The zero-order valence-corrected chi connectivity index (χ0v) is 19.4. The molecule has 0 bridgehead atoms. The predicted octanol–water partition coefficient (Wildman–Crippen LogP) is 3.61. The normalized spacial score (nSPS) is 11.2. The minimum atomic E-state index is -3.97. The first-order valence-corrected chi connectivity index (χ1v) is 11.9. The highest BCUT2D eigenvalue weighted by atomic mass is 32.2. The Kier molecular flexibility index (Phi) is 6.38. The first kappa shape index (κ1) is 23.1. The maximum atomic E-state index is 13.1. The predicted molar refractivity (Wildman–Crippen MR) is 131 cm³/mol. The van der Waals surface area contributed by atoms with Gasteiger partial charge < -0.3 is 14.6 Å². The van der Waals surface area contributed by atoms with Crippen LogP contribution in [0.25, 0.3) is 10.9 Å². The van der Waals surface area contributed by atoms with Crippen LogP contribution >= 0.6 is 0 Å². The van der Waals surface area contributed by atoms with Gasteiger partial charge in [-0.15, -0.1) is 0 Å². The topological polar surface area (TPSA) is 109 Å². The van der Waals surface area contributed by atoms with Crippen molar-refractivity contribution in [3.05, 3.63) is 100 Å². The van der Waals surface area contributed by atoms with Gasteiger partial charge in [0.1, 0.15) is 11.3 Å². The maximum absolute atomic E-state index is 13.1. The van der Waals surface area contributed by atoms with E-state index in [4.69, 9.17) is 4.74 Å². The van der Waals surface area contributed by atoms with Crippen molar-refractivity contribution in [2.24, 2.45) is 0 Å². The lowest BCUT2D eigenvalue weighted by atomic mass is 10.1. The Morgan fingerprint density at radius 3 is 2.41 bits per heavy atom. The second kappa shape index (κ2) is 9.40. The number of H-pyrrole nitrogens is 1. The molecule has 0 aliphatic carbocycles. The van der Waals surface area contributed by atoms with Crippen molar-refractivity contribution in [3.63, 3.8) is 0 Å². The molecule has 4 aromatic rings. The molecule has 1 aromatic heterocycles. The molecular weight excluding hydrogens is 454 g/mol. The first-order chi connectivity index (χ1) is 16.3. The number of pyridine rings is 1. The van der Waals surface area contributed by atoms with Crippen LogP contribution in [0.3, 0.4) is 0 Å². The fraction of sp³-hybridized carbons (Fsp3) is 0.120. The van der Waals surface area contributed by atoms with Gasteiger partial charge in [-0.2, -0.15) is 0 Å². The SMILES string of the molecule is COc1ccc(NS(=O)(=O)c2ccc3[nH]cc(C(=O)N(C)Cc4ccccc4)c(=O)c3c2)cc1. The summed E-state index contributed by atoms with van der Waals surface area (Å²) in [5.74, 6) is 0.131. The minimum Gasteiger partial charge on any atom is -0.497 e. The highest BCUT2D eigenvalue weighted by Crippen LogP contribution is 2.21. The fourth-order valence-electron chi connectivity index (χ4n) is 3.53. The molecule has 1 amide bonds. The van der Waals surface area contributed by atoms with E-state index in [0.29, 0.717) is 23.5 Å². The van der Waals surface area contributed by atoms with Crippen LogP contribution in [0.2, 0.25) is 0 Å². The Balaban J connectivity index is 1.64. The van der Waals surface area contributed by atoms with Crippen molar-refractivity contribution < 1.29 is 17.9 Å². The summed E-state index contributed by atoms with van der Waals surface area (Å²) in [6, 6.07) is 20.0. The number of ether oxygens (including phenoxy) is 1. The molecule has 0 aliphatic rings. The number of aromatic amines is 1. The van der Waals surface area contributed by atoms with Gasteiger partial charge >= 0.3 is 0 Å². The van der Waals surface area contributed by atoms with Crippen molar-refractivity contribution in [2.75, 3.05) is 18.9 Å². The molecule has 0 saturated heterocycles. The molecule has 1 heterocycles. The van der Waals surface area contributed by atoms with Crippen molar-refractivity contribution in [3.8, 4) is 5.75 Å². The summed E-state index contributed by atoms with van der Waals surface area (Å²) in [4.78, 5) is 30.4. The number of hydrogen-bond donors (Lipinski definition) is 2. The van der Waals surface area contributed by atoms with Crippen LogP contribution in [0.1, 0.15) is 15.9 Å². The number of sulfonamides is 1. The highest BCUT2D eigenvalue weighted by molar-refractivity contribution is 7.92. The second-order valence-corrected chi connectivity index (χ2v) is 9.40. The molecule has 34 heavy (non-hydrogen) atoms. The smallest absolute Gasteiger partial charge is 0.261 e. The summed E-state index contributed by atoms with van der Waals surface area (Å²) < 4.78 is 33.4. The van der Waals surface area contributed by atoms with E-state index in [2.05, 4.69) is 9.71 Å². The lowest BCUT2D eigenvalue weighted by molar-refractivity contribution is 0.0783. The maximum Gasteiger partial charge on any atom is 0.261 e. The van der Waals surface area contributed by atoms with Crippen LogP contribution in [0.15, 0.2) is 88.7 Å². The molecule has 0 saturated carbocycles. The standard InChI is InChI=1S/C25H23N3O5S/c1-28(16-17-6-4-3-5-7-17)25(30)22-15-26-23-13-12-20(14-21(23)24(22)29)34(31,32)27-18-8-10-19(33-2)11-9-18/h3-15,27H,16H2,1-2H3,(H,26,29). The Hall–Kier alpha value is -4.11. The molecule has 0 aliphatic heterocycles. The average Bonchev–Trinajstić information content (AvgIpc) is 2.84. The van der Waals surface area contributed by atoms with E-state index >= 15 is 0 Å². The Labute approximate surface area is 196 Å². The minimum absolute atomic E-state index is 0.0661. The Bertz CT molecular complexity index is 1500. The molecule has 0 radical (unpaired) electrons. The quantitative estimate of drug-likeness (QED) is 0.423. The first-order valence-electron chi connectivity index (χ1n) is 10.4. The fourth-order valence-corrected chi connectivity index (χ4v) is 4.62. The number of carbonyl (C=O) groups excluding carboxylic acids is 1. The summed E-state index contributed by atoms with van der Waals surface area (Å²) in [5, 5.41) is 0.108. The van der Waals surface area contributed by atoms with E-state index in [1.807, 2.05) is 30.3 Å². The largest absolute Gasteiger partial charge is 0.497 e. The van der Waals surface area contributed by atoms with Crippen LogP contribution < -0.4 is 14.9 Å². The highest BCUT2D eigenvalue weighted by Gasteiger charge is 2.20. The summed E-state index contributed by atoms with van der Waals surface area (Å²) in [6.07, 6.45) is 1.36. The molecule has 0 spiro atoms. The summed E-state index contributed by atoms with van der Waals surface area (Å²) in [7, 11) is -0.842. The van der Waals surface area contributed by atoms with E-state index in [0.717, 1.165) is 5.56 Å². The molecule has 174 valence electrons. The van der Waals surface area contributed by atoms with Crippen LogP contribution in [-0.4, -0.2) is 38.4 Å². The molecule has 9 heteroatoms. The number of carbonyl (C=O) groups is 1. The molecule has 0 atom stereocenters. The van der Waals surface area contributed by atoms with Crippen LogP contribution in [0.4, 0.5) is 5.69 Å². The van der Waals surface area contributed by atoms with Gasteiger partial charge in [-0.05, 0) is 48.0 Å². The Morgan fingerprint density at radius 1 is 1.03 bits per heavy atom. The van der Waals surface area contributed by atoms with Crippen LogP contribution in [0, 0.1) is 0 Å². The Morgan fingerprint density at radius 2 is 1.74 bits per heavy atom. The molecular formula is C25H23N3O5S. The number of benzene rings is 3. The van der Waals surface area contributed by atoms with E-state index in [1.165, 1.54) is 36.4 Å². The monoisotopic (exact) mass is 477 g/mol. The van der Waals surface area contributed by atoms with E-state index in [-0.39, 0.29) is 15.8 Å². The summed E-state index contributed by atoms with van der Waals surface area (Å²) >= 11 is 0.